The van der Waals surface area contributed by atoms with Crippen molar-refractivity contribution in [3.63, 3.8) is 0 Å². The number of aryl methyl sites for hydroxylation is 2. The van der Waals surface area contributed by atoms with Gasteiger partial charge in [-0.05, 0) is 20.3 Å². The number of H-pyrrole nitrogens is 1. The van der Waals surface area contributed by atoms with Crippen LogP contribution in [0.1, 0.15) is 40.8 Å². The van der Waals surface area contributed by atoms with Crippen LogP contribution in [0.2, 0.25) is 0 Å². The van der Waals surface area contributed by atoms with Gasteiger partial charge in [0.05, 0.1) is 18.0 Å². The summed E-state index contributed by atoms with van der Waals surface area (Å²) in [5.41, 5.74) is 4.27. The van der Waals surface area contributed by atoms with Crippen molar-refractivity contribution in [1.29, 1.82) is 0 Å². The topological polar surface area (TPSA) is 85.0 Å². The van der Waals surface area contributed by atoms with Crippen LogP contribution in [0.15, 0.2) is 6.07 Å². The predicted octanol–water partition coefficient (Wildman–Crippen LogP) is 2.08. The number of hydrogen-bond donors (Lipinski definition) is 2. The Hall–Kier alpha value is -1.99. The minimum absolute atomic E-state index is 0.339. The fourth-order valence-corrected chi connectivity index (χ4v) is 2.79. The van der Waals surface area contributed by atoms with Crippen molar-refractivity contribution >= 4 is 5.82 Å². The lowest BCUT2D eigenvalue weighted by Gasteiger charge is -2.13. The van der Waals surface area contributed by atoms with Gasteiger partial charge in [-0.2, -0.15) is 5.10 Å². The van der Waals surface area contributed by atoms with Crippen molar-refractivity contribution in [3.8, 4) is 0 Å². The Bertz CT molecular complexity index is 645. The largest absolute Gasteiger partial charge is 0.381 e. The number of anilines is 1. The zero-order valence-corrected chi connectivity index (χ0v) is 13.8. The molecule has 1 atom stereocenters. The van der Waals surface area contributed by atoms with Crippen LogP contribution in [-0.2, 0) is 22.6 Å². The Morgan fingerprint density at radius 3 is 2.91 bits per heavy atom. The van der Waals surface area contributed by atoms with Crippen LogP contribution in [0, 0.1) is 13.8 Å². The fraction of sp³-hybridized carbons (Fsp3) is 0.562. The molecule has 0 radical (unpaired) electrons. The number of aromatic nitrogens is 4. The summed E-state index contributed by atoms with van der Waals surface area (Å²) in [6.07, 6.45) is 1.00. The van der Waals surface area contributed by atoms with E-state index in [1.54, 1.807) is 7.11 Å². The summed E-state index contributed by atoms with van der Waals surface area (Å²) in [4.78, 5) is 9.15. The summed E-state index contributed by atoms with van der Waals surface area (Å²) in [5, 5.41) is 10.6. The van der Waals surface area contributed by atoms with Gasteiger partial charge >= 0.3 is 0 Å². The predicted molar refractivity (Wildman–Crippen MR) is 86.3 cm³/mol. The summed E-state index contributed by atoms with van der Waals surface area (Å²) >= 11 is 0. The highest BCUT2D eigenvalue weighted by molar-refractivity contribution is 5.39. The van der Waals surface area contributed by atoms with Crippen LogP contribution >= 0.6 is 0 Å². The lowest BCUT2D eigenvalue weighted by molar-refractivity contribution is 0.177. The minimum atomic E-state index is 0.339. The molecule has 1 fully saturated rings. The molecule has 2 aromatic rings. The van der Waals surface area contributed by atoms with E-state index in [1.165, 1.54) is 5.56 Å². The number of methoxy groups -OCH3 is 1. The number of ether oxygens (including phenoxy) is 2. The van der Waals surface area contributed by atoms with Crippen molar-refractivity contribution in [2.45, 2.75) is 39.3 Å². The van der Waals surface area contributed by atoms with Gasteiger partial charge in [0, 0.05) is 43.5 Å². The van der Waals surface area contributed by atoms with Crippen LogP contribution in [0.25, 0.3) is 0 Å². The highest BCUT2D eigenvalue weighted by atomic mass is 16.5. The third-order valence-electron chi connectivity index (χ3n) is 4.14. The summed E-state index contributed by atoms with van der Waals surface area (Å²) in [6.45, 7) is 6.62. The molecule has 0 unspecified atom stereocenters. The van der Waals surface area contributed by atoms with Gasteiger partial charge in [-0.1, -0.05) is 0 Å². The van der Waals surface area contributed by atoms with E-state index >= 15 is 0 Å². The van der Waals surface area contributed by atoms with E-state index in [2.05, 4.69) is 25.5 Å². The molecule has 7 nitrogen and oxygen atoms in total. The second kappa shape index (κ2) is 7.06. The normalized spacial score (nSPS) is 17.6. The monoisotopic (exact) mass is 317 g/mol. The molecule has 2 N–H and O–H groups in total. The number of nitrogens with zero attached hydrogens (tertiary/aromatic N) is 3. The summed E-state index contributed by atoms with van der Waals surface area (Å²) in [7, 11) is 1.65. The van der Waals surface area contributed by atoms with E-state index in [9.17, 15) is 0 Å². The second-order valence-electron chi connectivity index (χ2n) is 5.85. The number of rotatable bonds is 6. The maximum Gasteiger partial charge on any atom is 0.156 e. The van der Waals surface area contributed by atoms with Gasteiger partial charge in [0.15, 0.2) is 5.82 Å². The smallest absolute Gasteiger partial charge is 0.156 e. The molecule has 0 aliphatic carbocycles. The SMILES string of the molecule is COCc1nc(NCc2c(C)n[nH]c2C)cc([C@@H]2CCOC2)n1. The molecule has 3 heterocycles. The van der Waals surface area contributed by atoms with Crippen LogP contribution < -0.4 is 5.32 Å². The Morgan fingerprint density at radius 2 is 2.26 bits per heavy atom. The van der Waals surface area contributed by atoms with Gasteiger partial charge < -0.3 is 14.8 Å². The molecule has 1 aliphatic rings. The molecule has 1 aliphatic heterocycles. The first-order valence-electron chi connectivity index (χ1n) is 7.86. The Morgan fingerprint density at radius 1 is 1.39 bits per heavy atom. The fourth-order valence-electron chi connectivity index (χ4n) is 2.79. The molecule has 1 saturated heterocycles. The first kappa shape index (κ1) is 15.9. The van der Waals surface area contributed by atoms with E-state index in [0.29, 0.717) is 24.9 Å². The quantitative estimate of drug-likeness (QED) is 0.848. The maximum atomic E-state index is 5.48. The highest BCUT2D eigenvalue weighted by Crippen LogP contribution is 2.25. The van der Waals surface area contributed by atoms with Crippen molar-refractivity contribution in [1.82, 2.24) is 20.2 Å². The Labute approximate surface area is 135 Å². The minimum Gasteiger partial charge on any atom is -0.381 e. The number of nitrogens with one attached hydrogen (secondary N) is 2. The van der Waals surface area contributed by atoms with Crippen molar-refractivity contribution in [2.75, 3.05) is 25.6 Å². The van der Waals surface area contributed by atoms with Gasteiger partial charge in [0.1, 0.15) is 12.4 Å². The highest BCUT2D eigenvalue weighted by Gasteiger charge is 2.21. The molecule has 124 valence electrons. The molecule has 0 aromatic carbocycles. The van der Waals surface area contributed by atoms with Gasteiger partial charge in [0.2, 0.25) is 0 Å². The third-order valence-corrected chi connectivity index (χ3v) is 4.14. The van der Waals surface area contributed by atoms with E-state index in [1.807, 2.05) is 19.9 Å². The van der Waals surface area contributed by atoms with Crippen LogP contribution in [0.3, 0.4) is 0 Å². The lowest BCUT2D eigenvalue weighted by Crippen LogP contribution is -2.10. The first-order chi connectivity index (χ1) is 11.2. The average molecular weight is 317 g/mol. The van der Waals surface area contributed by atoms with Crippen LogP contribution in [0.4, 0.5) is 5.82 Å². The van der Waals surface area contributed by atoms with Gasteiger partial charge in [-0.25, -0.2) is 9.97 Å². The van der Waals surface area contributed by atoms with Gasteiger partial charge in [-0.15, -0.1) is 0 Å². The van der Waals surface area contributed by atoms with Crippen LogP contribution in [0.5, 0.6) is 0 Å². The van der Waals surface area contributed by atoms with E-state index in [0.717, 1.165) is 42.5 Å². The zero-order valence-electron chi connectivity index (χ0n) is 13.8. The molecule has 0 bridgehead atoms. The number of aromatic amines is 1. The standard InChI is InChI=1S/C16H23N5O2/c1-10-13(11(2)21-20-10)7-17-15-6-14(12-4-5-23-8-12)18-16(19-15)9-22-3/h6,12H,4-5,7-9H2,1-3H3,(H,20,21)(H,17,18,19)/t12-/m1/s1. The summed E-state index contributed by atoms with van der Waals surface area (Å²) in [5.74, 6) is 1.85. The summed E-state index contributed by atoms with van der Waals surface area (Å²) < 4.78 is 10.7. The molecule has 0 spiro atoms. The van der Waals surface area contributed by atoms with Crippen molar-refractivity contribution in [3.05, 3.63) is 34.5 Å². The van der Waals surface area contributed by atoms with E-state index < -0.39 is 0 Å². The Kier molecular flexibility index (Phi) is 4.88. The van der Waals surface area contributed by atoms with Gasteiger partial charge in [0.25, 0.3) is 0 Å². The molecule has 0 amide bonds. The molecule has 0 saturated carbocycles. The molecular weight excluding hydrogens is 294 g/mol. The Balaban J connectivity index is 1.79. The lowest BCUT2D eigenvalue weighted by atomic mass is 10.0. The summed E-state index contributed by atoms with van der Waals surface area (Å²) in [6, 6.07) is 2.02. The van der Waals surface area contributed by atoms with E-state index in [4.69, 9.17) is 9.47 Å². The second-order valence-corrected chi connectivity index (χ2v) is 5.85. The third kappa shape index (κ3) is 3.68. The number of hydrogen-bond acceptors (Lipinski definition) is 6. The molecule has 23 heavy (non-hydrogen) atoms. The van der Waals surface area contributed by atoms with Crippen molar-refractivity contribution in [2.24, 2.45) is 0 Å². The first-order valence-corrected chi connectivity index (χ1v) is 7.86. The molecule has 2 aromatic heterocycles. The molecule has 3 rings (SSSR count). The maximum absolute atomic E-state index is 5.48. The zero-order chi connectivity index (χ0) is 16.2. The van der Waals surface area contributed by atoms with E-state index in [-0.39, 0.29) is 0 Å². The van der Waals surface area contributed by atoms with Crippen LogP contribution in [-0.4, -0.2) is 40.5 Å². The molecule has 7 heteroatoms. The molecular formula is C16H23N5O2. The van der Waals surface area contributed by atoms with Crippen molar-refractivity contribution < 1.29 is 9.47 Å². The average Bonchev–Trinajstić information content (AvgIpc) is 3.17. The van der Waals surface area contributed by atoms with Gasteiger partial charge in [-0.3, -0.25) is 5.10 Å².